The minimum absolute atomic E-state index is 0.0620. The first-order valence-corrected chi connectivity index (χ1v) is 18.9. The van der Waals surface area contributed by atoms with Crippen molar-refractivity contribution < 1.29 is 24.0 Å². The molecular formula is C19H26N2O6Sn. The Labute approximate surface area is 167 Å². The summed E-state index contributed by atoms with van der Waals surface area (Å²) < 4.78 is 12.7. The van der Waals surface area contributed by atoms with Crippen molar-refractivity contribution in [1.29, 1.82) is 0 Å². The van der Waals surface area contributed by atoms with E-state index >= 15 is 0 Å². The Morgan fingerprint density at radius 1 is 1.29 bits per heavy atom. The Kier molecular flexibility index (Phi) is 6.12. The van der Waals surface area contributed by atoms with E-state index in [4.69, 9.17) is 9.47 Å². The van der Waals surface area contributed by atoms with Crippen LogP contribution in [-0.2, 0) is 20.7 Å². The number of fused-ring (bicyclic) bond motifs is 1. The molecule has 0 aliphatic rings. The van der Waals surface area contributed by atoms with Gasteiger partial charge in [0.2, 0.25) is 0 Å². The normalized spacial score (nSPS) is 12.1. The van der Waals surface area contributed by atoms with Crippen LogP contribution in [0.25, 0.3) is 10.9 Å². The SMILES string of the molecule is CO[14C](=O)[14CH2]c1[c]([Sn]([CH3])([CH3])[CH3])n(C(=O)OC(C)(C)C)c2ccc([N+](=O)[O-])cc12. The van der Waals surface area contributed by atoms with Gasteiger partial charge in [-0.3, -0.25) is 0 Å². The van der Waals surface area contributed by atoms with E-state index in [1.807, 2.05) is 0 Å². The summed E-state index contributed by atoms with van der Waals surface area (Å²) >= 11 is -3.02. The van der Waals surface area contributed by atoms with Crippen molar-refractivity contribution in [2.24, 2.45) is 0 Å². The summed E-state index contributed by atoms with van der Waals surface area (Å²) in [5.41, 5.74) is 0.303. The molecule has 0 radical (unpaired) electrons. The molecule has 0 spiro atoms. The predicted octanol–water partition coefficient (Wildman–Crippen LogP) is 3.59. The van der Waals surface area contributed by atoms with Crippen molar-refractivity contribution >= 4 is 50.7 Å². The molecular weight excluding hydrogens is 475 g/mol. The molecule has 2 rings (SSSR count). The zero-order valence-electron chi connectivity index (χ0n) is 17.3. The summed E-state index contributed by atoms with van der Waals surface area (Å²) in [6, 6.07) is 4.31. The number of esters is 1. The topological polar surface area (TPSA) is 101 Å². The predicted molar refractivity (Wildman–Crippen MR) is 109 cm³/mol. The van der Waals surface area contributed by atoms with Crippen molar-refractivity contribution in [3.63, 3.8) is 0 Å². The number of carbonyl (C=O) groups excluding carboxylic acids is 2. The Bertz CT molecular complexity index is 950. The molecule has 28 heavy (non-hydrogen) atoms. The van der Waals surface area contributed by atoms with Gasteiger partial charge in [0, 0.05) is 0 Å². The summed E-state index contributed by atoms with van der Waals surface area (Å²) in [7, 11) is 1.29. The van der Waals surface area contributed by atoms with Crippen LogP contribution in [0.5, 0.6) is 0 Å². The monoisotopic (exact) mass is 502 g/mol. The second-order valence-electron chi connectivity index (χ2n) is 8.60. The molecule has 0 aliphatic carbocycles. The molecule has 0 bridgehead atoms. The molecule has 0 saturated carbocycles. The molecule has 0 unspecified atom stereocenters. The number of nitro benzene ring substituents is 1. The number of benzene rings is 1. The summed E-state index contributed by atoms with van der Waals surface area (Å²) in [4.78, 5) is 42.2. The number of ether oxygens (including phenoxy) is 2. The van der Waals surface area contributed by atoms with Crippen molar-refractivity contribution in [2.45, 2.75) is 47.6 Å². The number of hydrogen-bond donors (Lipinski definition) is 0. The molecule has 0 saturated heterocycles. The van der Waals surface area contributed by atoms with Crippen molar-refractivity contribution in [2.75, 3.05) is 7.11 Å². The molecule has 9 heteroatoms. The van der Waals surface area contributed by atoms with Crippen LogP contribution in [-0.4, -0.2) is 52.6 Å². The molecule has 0 atom stereocenters. The van der Waals surface area contributed by atoms with Crippen LogP contribution in [0.2, 0.25) is 14.8 Å². The fourth-order valence-electron chi connectivity index (χ4n) is 3.14. The second-order valence-corrected chi connectivity index (χ2v) is 22.8. The first kappa shape index (κ1) is 22.2. The van der Waals surface area contributed by atoms with Gasteiger partial charge < -0.3 is 0 Å². The molecule has 1 aromatic heterocycles. The average molecular weight is 501 g/mol. The molecule has 0 aliphatic heterocycles. The fraction of sp³-hybridized carbons (Fsp3) is 0.474. The van der Waals surface area contributed by atoms with E-state index < -0.39 is 41.0 Å². The van der Waals surface area contributed by atoms with E-state index in [0.29, 0.717) is 16.5 Å². The summed E-state index contributed by atoms with van der Waals surface area (Å²) in [5.74, 6) is -0.466. The molecule has 1 heterocycles. The van der Waals surface area contributed by atoms with E-state index in [1.165, 1.54) is 23.8 Å². The molecule has 0 fully saturated rings. The molecule has 152 valence electrons. The van der Waals surface area contributed by atoms with Crippen LogP contribution >= 0.6 is 0 Å². The van der Waals surface area contributed by atoms with Crippen LogP contribution in [0.15, 0.2) is 18.2 Å². The molecule has 0 N–H and O–H groups in total. The van der Waals surface area contributed by atoms with Crippen LogP contribution in [0.3, 0.4) is 0 Å². The Morgan fingerprint density at radius 3 is 2.36 bits per heavy atom. The zero-order chi connectivity index (χ0) is 21.4. The van der Waals surface area contributed by atoms with E-state index in [0.717, 1.165) is 3.71 Å². The van der Waals surface area contributed by atoms with Crippen LogP contribution < -0.4 is 3.71 Å². The van der Waals surface area contributed by atoms with Gasteiger partial charge in [0.15, 0.2) is 0 Å². The third-order valence-electron chi connectivity index (χ3n) is 4.10. The minimum atomic E-state index is -3.02. The molecule has 2 aromatic rings. The van der Waals surface area contributed by atoms with Gasteiger partial charge in [-0.15, -0.1) is 0 Å². The first-order valence-electron chi connectivity index (χ1n) is 8.88. The van der Waals surface area contributed by atoms with Gasteiger partial charge in [-0.1, -0.05) is 0 Å². The van der Waals surface area contributed by atoms with Gasteiger partial charge in [0.05, 0.1) is 0 Å². The zero-order valence-corrected chi connectivity index (χ0v) is 20.1. The maximum absolute atomic E-state index is 13.1. The van der Waals surface area contributed by atoms with Crippen LogP contribution in [0, 0.1) is 10.1 Å². The summed E-state index contributed by atoms with van der Waals surface area (Å²) in [6.07, 6.45) is -0.614. The van der Waals surface area contributed by atoms with Gasteiger partial charge in [-0.2, -0.15) is 0 Å². The standard InChI is InChI=1S/C16H17N2O6.3CH3.Sn/c1-16(2,3)24-15(20)17-9-10(7-14(19)23-4)12-8-11(18(21)22)5-6-13(12)17;;;;/h5-6,8H,7H2,1-4H3;3*1H3;/i7+2,14+2;;;;. The molecule has 0 amide bonds. The number of nitrogens with zero attached hydrogens (tertiary/aromatic N) is 2. The van der Waals surface area contributed by atoms with Crippen LogP contribution in [0.4, 0.5) is 10.5 Å². The van der Waals surface area contributed by atoms with Gasteiger partial charge in [0.1, 0.15) is 0 Å². The number of methoxy groups -OCH3 is 1. The number of hydrogen-bond acceptors (Lipinski definition) is 6. The molecule has 8 nitrogen and oxygen atoms in total. The second kappa shape index (κ2) is 7.73. The van der Waals surface area contributed by atoms with Gasteiger partial charge in [-0.05, 0) is 0 Å². The van der Waals surface area contributed by atoms with Crippen molar-refractivity contribution in [1.82, 2.24) is 4.57 Å². The summed E-state index contributed by atoms with van der Waals surface area (Å²) in [6.45, 7) is 5.32. The third-order valence-corrected chi connectivity index (χ3v) is 9.66. The van der Waals surface area contributed by atoms with Gasteiger partial charge >= 0.3 is 168 Å². The Hall–Kier alpha value is -2.10. The number of carbonyl (C=O) groups is 2. The number of nitro groups is 1. The average Bonchev–Trinajstić information content (AvgIpc) is 2.87. The van der Waals surface area contributed by atoms with Crippen molar-refractivity contribution in [3.05, 3.63) is 33.9 Å². The van der Waals surface area contributed by atoms with E-state index in [9.17, 15) is 19.7 Å². The third kappa shape index (κ3) is 4.65. The summed E-state index contributed by atoms with van der Waals surface area (Å²) in [5, 5.41) is 11.8. The van der Waals surface area contributed by atoms with E-state index in [2.05, 4.69) is 14.8 Å². The maximum atomic E-state index is 13.1. The fourth-order valence-corrected chi connectivity index (χ4v) is 8.88. The van der Waals surface area contributed by atoms with Gasteiger partial charge in [0.25, 0.3) is 0 Å². The number of aromatic nitrogens is 1. The van der Waals surface area contributed by atoms with E-state index in [1.54, 1.807) is 26.8 Å². The molecule has 1 aromatic carbocycles. The van der Waals surface area contributed by atoms with Crippen molar-refractivity contribution in [3.8, 4) is 0 Å². The first-order chi connectivity index (χ1) is 12.8. The quantitative estimate of drug-likeness (QED) is 0.275. The van der Waals surface area contributed by atoms with E-state index in [-0.39, 0.29) is 12.1 Å². The number of rotatable bonds is 4. The number of non-ortho nitro benzene ring substituents is 1. The van der Waals surface area contributed by atoms with Crippen LogP contribution in [0.1, 0.15) is 26.3 Å². The Morgan fingerprint density at radius 2 is 1.89 bits per heavy atom. The van der Waals surface area contributed by atoms with Gasteiger partial charge in [-0.25, -0.2) is 0 Å². The Balaban J connectivity index is 2.91.